The topological polar surface area (TPSA) is 52.7 Å². The number of nitrogens with zero attached hydrogens (tertiary/aromatic N) is 2. The Kier molecular flexibility index (Phi) is 6.31. The molecule has 0 saturated carbocycles. The number of hydrogen-bond acceptors (Lipinski definition) is 3. The van der Waals surface area contributed by atoms with Crippen molar-refractivity contribution in [2.45, 2.75) is 0 Å². The molecule has 3 rings (SSSR count). The number of amides is 2. The fourth-order valence-corrected chi connectivity index (χ4v) is 3.35. The van der Waals surface area contributed by atoms with Gasteiger partial charge in [0.05, 0.1) is 27.8 Å². The van der Waals surface area contributed by atoms with Crippen molar-refractivity contribution in [1.29, 1.82) is 0 Å². The van der Waals surface area contributed by atoms with E-state index >= 15 is 0 Å². The SMILES string of the molecule is O=C(CN1CCN(C(=O)c2c(F)cccc2Cl)CC1)Nc1ccccc1Cl. The van der Waals surface area contributed by atoms with E-state index in [9.17, 15) is 14.0 Å². The van der Waals surface area contributed by atoms with Gasteiger partial charge in [-0.2, -0.15) is 0 Å². The quantitative estimate of drug-likeness (QED) is 0.839. The number of nitrogens with one attached hydrogen (secondary N) is 1. The highest BCUT2D eigenvalue weighted by Gasteiger charge is 2.26. The van der Waals surface area contributed by atoms with Crippen molar-refractivity contribution in [1.82, 2.24) is 9.80 Å². The summed E-state index contributed by atoms with van der Waals surface area (Å²) in [5.41, 5.74) is 0.455. The highest BCUT2D eigenvalue weighted by Crippen LogP contribution is 2.22. The maximum atomic E-state index is 13.9. The Labute approximate surface area is 166 Å². The molecule has 142 valence electrons. The van der Waals surface area contributed by atoms with Crippen molar-refractivity contribution in [3.63, 3.8) is 0 Å². The predicted octanol–water partition coefficient (Wildman–Crippen LogP) is 3.53. The molecule has 0 spiro atoms. The Bertz CT molecular complexity index is 834. The van der Waals surface area contributed by atoms with Crippen LogP contribution >= 0.6 is 23.2 Å². The van der Waals surface area contributed by atoms with Gasteiger partial charge in [0, 0.05) is 26.2 Å². The third-order valence-electron chi connectivity index (χ3n) is 4.35. The molecule has 2 aromatic rings. The van der Waals surface area contributed by atoms with Crippen LogP contribution in [0.3, 0.4) is 0 Å². The highest BCUT2D eigenvalue weighted by molar-refractivity contribution is 6.34. The van der Waals surface area contributed by atoms with E-state index in [1.54, 1.807) is 29.2 Å². The van der Waals surface area contributed by atoms with Gasteiger partial charge in [0.2, 0.25) is 5.91 Å². The molecule has 1 N–H and O–H groups in total. The molecular formula is C19H18Cl2FN3O2. The first-order chi connectivity index (χ1) is 13.0. The van der Waals surface area contributed by atoms with E-state index in [1.807, 2.05) is 4.90 Å². The van der Waals surface area contributed by atoms with E-state index in [1.165, 1.54) is 18.2 Å². The van der Waals surface area contributed by atoms with Crippen LogP contribution in [-0.2, 0) is 4.79 Å². The van der Waals surface area contributed by atoms with Crippen LogP contribution in [0.2, 0.25) is 10.0 Å². The van der Waals surface area contributed by atoms with Crippen LogP contribution in [0.5, 0.6) is 0 Å². The lowest BCUT2D eigenvalue weighted by atomic mass is 10.1. The van der Waals surface area contributed by atoms with E-state index in [-0.39, 0.29) is 23.0 Å². The second-order valence-electron chi connectivity index (χ2n) is 6.19. The monoisotopic (exact) mass is 409 g/mol. The summed E-state index contributed by atoms with van der Waals surface area (Å²) in [7, 11) is 0. The standard InChI is InChI=1S/C19H18Cl2FN3O2/c20-13-4-1-2-7-16(13)23-17(26)12-24-8-10-25(11-9-24)19(27)18-14(21)5-3-6-15(18)22/h1-7H,8-12H2,(H,23,26). The molecule has 0 unspecified atom stereocenters. The number of piperazine rings is 1. The van der Waals surface area contributed by atoms with Crippen LogP contribution in [0.25, 0.3) is 0 Å². The third-order valence-corrected chi connectivity index (χ3v) is 5.00. The van der Waals surface area contributed by atoms with Gasteiger partial charge in [-0.25, -0.2) is 4.39 Å². The van der Waals surface area contributed by atoms with E-state index in [0.29, 0.717) is 36.9 Å². The van der Waals surface area contributed by atoms with Crippen molar-refractivity contribution in [3.8, 4) is 0 Å². The fourth-order valence-electron chi connectivity index (χ4n) is 2.92. The molecule has 2 amide bonds. The summed E-state index contributed by atoms with van der Waals surface area (Å²) in [6, 6.07) is 11.2. The Hall–Kier alpha value is -2.15. The van der Waals surface area contributed by atoms with Gasteiger partial charge in [0.1, 0.15) is 5.82 Å². The molecule has 0 aromatic heterocycles. The van der Waals surface area contributed by atoms with Gasteiger partial charge in [-0.3, -0.25) is 14.5 Å². The first-order valence-electron chi connectivity index (χ1n) is 8.45. The van der Waals surface area contributed by atoms with Crippen LogP contribution in [-0.4, -0.2) is 54.3 Å². The molecule has 1 heterocycles. The minimum atomic E-state index is -0.631. The smallest absolute Gasteiger partial charge is 0.258 e. The predicted molar refractivity (Wildman–Crippen MR) is 104 cm³/mol. The zero-order valence-electron chi connectivity index (χ0n) is 14.4. The van der Waals surface area contributed by atoms with Gasteiger partial charge in [-0.05, 0) is 24.3 Å². The van der Waals surface area contributed by atoms with Gasteiger partial charge >= 0.3 is 0 Å². The normalized spacial score (nSPS) is 14.9. The largest absolute Gasteiger partial charge is 0.336 e. The number of carbonyl (C=O) groups is 2. The molecule has 0 radical (unpaired) electrons. The molecule has 0 aliphatic carbocycles. The van der Waals surface area contributed by atoms with Crippen LogP contribution in [0.4, 0.5) is 10.1 Å². The molecule has 1 aliphatic heterocycles. The maximum Gasteiger partial charge on any atom is 0.258 e. The van der Waals surface area contributed by atoms with Crippen molar-refractivity contribution in [2.24, 2.45) is 0 Å². The van der Waals surface area contributed by atoms with E-state index in [2.05, 4.69) is 5.32 Å². The first kappa shape index (κ1) is 19.6. The average Bonchev–Trinajstić information content (AvgIpc) is 2.64. The molecule has 1 saturated heterocycles. The summed E-state index contributed by atoms with van der Waals surface area (Å²) >= 11 is 12.0. The fraction of sp³-hybridized carbons (Fsp3) is 0.263. The summed E-state index contributed by atoms with van der Waals surface area (Å²) in [5, 5.41) is 3.35. The number of rotatable bonds is 4. The Morgan fingerprint density at radius 1 is 0.963 bits per heavy atom. The Morgan fingerprint density at radius 3 is 2.30 bits per heavy atom. The van der Waals surface area contributed by atoms with Crippen LogP contribution < -0.4 is 5.32 Å². The first-order valence-corrected chi connectivity index (χ1v) is 9.21. The highest BCUT2D eigenvalue weighted by atomic mass is 35.5. The molecule has 8 heteroatoms. The Morgan fingerprint density at radius 2 is 1.63 bits per heavy atom. The summed E-state index contributed by atoms with van der Waals surface area (Å²) in [5.74, 6) is -1.24. The van der Waals surface area contributed by atoms with Gasteiger partial charge in [-0.15, -0.1) is 0 Å². The Balaban J connectivity index is 1.54. The average molecular weight is 410 g/mol. The molecule has 1 aliphatic rings. The van der Waals surface area contributed by atoms with Crippen molar-refractivity contribution in [2.75, 3.05) is 38.0 Å². The maximum absolute atomic E-state index is 13.9. The number of carbonyl (C=O) groups excluding carboxylic acids is 2. The van der Waals surface area contributed by atoms with Crippen molar-refractivity contribution < 1.29 is 14.0 Å². The number of para-hydroxylation sites is 1. The van der Waals surface area contributed by atoms with Crippen LogP contribution in [0.15, 0.2) is 42.5 Å². The molecule has 1 fully saturated rings. The van der Waals surface area contributed by atoms with Gasteiger partial charge < -0.3 is 10.2 Å². The number of anilines is 1. The number of halogens is 3. The second-order valence-corrected chi connectivity index (χ2v) is 7.01. The van der Waals surface area contributed by atoms with E-state index in [0.717, 1.165) is 0 Å². The molecule has 0 bridgehead atoms. The lowest BCUT2D eigenvalue weighted by Crippen LogP contribution is -2.50. The second kappa shape index (κ2) is 8.69. The molecule has 27 heavy (non-hydrogen) atoms. The summed E-state index contributed by atoms with van der Waals surface area (Å²) in [6.07, 6.45) is 0. The molecule has 2 aromatic carbocycles. The lowest BCUT2D eigenvalue weighted by molar-refractivity contribution is -0.117. The van der Waals surface area contributed by atoms with Gasteiger partial charge in [-0.1, -0.05) is 41.4 Å². The van der Waals surface area contributed by atoms with E-state index < -0.39 is 11.7 Å². The van der Waals surface area contributed by atoms with Gasteiger partial charge in [0.25, 0.3) is 5.91 Å². The van der Waals surface area contributed by atoms with Crippen LogP contribution in [0, 0.1) is 5.82 Å². The number of hydrogen-bond donors (Lipinski definition) is 1. The minimum absolute atomic E-state index is 0.0987. The molecule has 5 nitrogen and oxygen atoms in total. The van der Waals surface area contributed by atoms with Gasteiger partial charge in [0.15, 0.2) is 0 Å². The van der Waals surface area contributed by atoms with Crippen molar-refractivity contribution in [3.05, 3.63) is 63.9 Å². The summed E-state index contributed by atoms with van der Waals surface area (Å²) in [6.45, 7) is 1.99. The number of benzene rings is 2. The third kappa shape index (κ3) is 4.77. The minimum Gasteiger partial charge on any atom is -0.336 e. The molecule has 0 atom stereocenters. The summed E-state index contributed by atoms with van der Waals surface area (Å²) < 4.78 is 13.9. The van der Waals surface area contributed by atoms with Crippen LogP contribution in [0.1, 0.15) is 10.4 Å². The summed E-state index contributed by atoms with van der Waals surface area (Å²) in [4.78, 5) is 28.2. The van der Waals surface area contributed by atoms with E-state index in [4.69, 9.17) is 23.2 Å². The van der Waals surface area contributed by atoms with Crippen molar-refractivity contribution >= 4 is 40.7 Å². The lowest BCUT2D eigenvalue weighted by Gasteiger charge is -2.34. The zero-order valence-corrected chi connectivity index (χ0v) is 15.9. The zero-order chi connectivity index (χ0) is 19.4. The molecular weight excluding hydrogens is 392 g/mol.